The maximum Gasteiger partial charge on any atom is 0.181 e. The molecule has 0 atom stereocenters. The number of aromatic nitrogens is 6. The standard InChI is InChI=1S/C30H23N7O/c1-2-4-19(5-3-1)13-31-14-20-10-22(16-32-15-20)23-11-25-29(36-37-30(25)34-17-23)27-12-24-26(35-27)6-8-33-28(24)21-7-9-38-18-21/h1-12,15-18,31,35H,13-14H2,(H,34,36,37). The summed E-state index contributed by atoms with van der Waals surface area (Å²) in [7, 11) is 0. The van der Waals surface area contributed by atoms with Crippen molar-refractivity contribution < 1.29 is 4.42 Å². The number of pyridine rings is 3. The van der Waals surface area contributed by atoms with Gasteiger partial charge in [-0.3, -0.25) is 15.1 Å². The first-order chi connectivity index (χ1) is 18.8. The van der Waals surface area contributed by atoms with Gasteiger partial charge in [-0.05, 0) is 41.5 Å². The van der Waals surface area contributed by atoms with Gasteiger partial charge in [0.1, 0.15) is 0 Å². The summed E-state index contributed by atoms with van der Waals surface area (Å²) in [5.74, 6) is 0. The third-order valence-electron chi connectivity index (χ3n) is 6.65. The SMILES string of the molecule is c1ccc(CNCc2cncc(-c3cnc4n[nH]c(-c5cc6c(-c7ccoc7)nccc6[nH]5)c4c3)c2)cc1. The topological polar surface area (TPSA) is 108 Å². The molecule has 3 N–H and O–H groups in total. The van der Waals surface area contributed by atoms with Crippen molar-refractivity contribution in [1.29, 1.82) is 0 Å². The second-order valence-corrected chi connectivity index (χ2v) is 9.18. The average molecular weight is 498 g/mol. The molecule has 0 bridgehead atoms. The fourth-order valence-electron chi connectivity index (χ4n) is 4.77. The minimum absolute atomic E-state index is 0.657. The first kappa shape index (κ1) is 22.1. The lowest BCUT2D eigenvalue weighted by molar-refractivity contribution is 0.568. The van der Waals surface area contributed by atoms with E-state index in [4.69, 9.17) is 4.42 Å². The van der Waals surface area contributed by atoms with Crippen LogP contribution in [0.5, 0.6) is 0 Å². The van der Waals surface area contributed by atoms with E-state index in [9.17, 15) is 0 Å². The summed E-state index contributed by atoms with van der Waals surface area (Å²) in [5.41, 5.74) is 9.58. The van der Waals surface area contributed by atoms with E-state index in [2.05, 4.69) is 77.9 Å². The number of rotatable bonds is 7. The number of fused-ring (bicyclic) bond motifs is 2. The molecule has 0 spiro atoms. The highest BCUT2D eigenvalue weighted by Gasteiger charge is 2.15. The lowest BCUT2D eigenvalue weighted by Crippen LogP contribution is -2.12. The monoisotopic (exact) mass is 497 g/mol. The van der Waals surface area contributed by atoms with E-state index in [1.54, 1.807) is 18.7 Å². The Balaban J connectivity index is 1.20. The van der Waals surface area contributed by atoms with Gasteiger partial charge in [0.05, 0.1) is 29.6 Å². The highest BCUT2D eigenvalue weighted by molar-refractivity contribution is 5.99. The van der Waals surface area contributed by atoms with Crippen LogP contribution in [0.4, 0.5) is 0 Å². The smallest absolute Gasteiger partial charge is 0.181 e. The van der Waals surface area contributed by atoms with Crippen LogP contribution in [0.2, 0.25) is 0 Å². The van der Waals surface area contributed by atoms with Gasteiger partial charge in [0, 0.05) is 70.9 Å². The molecule has 6 aromatic heterocycles. The maximum atomic E-state index is 5.28. The molecule has 0 fully saturated rings. The number of furan rings is 1. The Bertz CT molecular complexity index is 1850. The van der Waals surface area contributed by atoms with E-state index in [0.29, 0.717) is 5.65 Å². The molecule has 38 heavy (non-hydrogen) atoms. The van der Waals surface area contributed by atoms with Crippen molar-refractivity contribution in [3.05, 3.63) is 109 Å². The van der Waals surface area contributed by atoms with E-state index in [0.717, 1.165) is 68.7 Å². The molecule has 0 saturated heterocycles. The zero-order valence-electron chi connectivity index (χ0n) is 20.3. The van der Waals surface area contributed by atoms with Crippen LogP contribution in [0.3, 0.4) is 0 Å². The van der Waals surface area contributed by atoms with Crippen LogP contribution in [0.1, 0.15) is 11.1 Å². The quantitative estimate of drug-likeness (QED) is 0.245. The van der Waals surface area contributed by atoms with Crippen molar-refractivity contribution in [3.8, 4) is 33.8 Å². The molecular formula is C30H23N7O. The molecule has 0 aliphatic rings. The highest BCUT2D eigenvalue weighted by atomic mass is 16.3. The predicted molar refractivity (Wildman–Crippen MR) is 147 cm³/mol. The first-order valence-electron chi connectivity index (χ1n) is 12.4. The summed E-state index contributed by atoms with van der Waals surface area (Å²) in [6.07, 6.45) is 10.8. The van der Waals surface area contributed by atoms with Crippen molar-refractivity contribution in [2.45, 2.75) is 13.1 Å². The molecule has 8 nitrogen and oxygen atoms in total. The van der Waals surface area contributed by atoms with E-state index < -0.39 is 0 Å². The molecule has 7 aromatic rings. The number of hydrogen-bond donors (Lipinski definition) is 3. The van der Waals surface area contributed by atoms with Gasteiger partial charge in [-0.2, -0.15) is 5.10 Å². The third kappa shape index (κ3) is 4.12. The molecule has 0 saturated carbocycles. The summed E-state index contributed by atoms with van der Waals surface area (Å²) in [4.78, 5) is 17.2. The summed E-state index contributed by atoms with van der Waals surface area (Å²) in [6.45, 7) is 1.53. The van der Waals surface area contributed by atoms with Crippen LogP contribution in [-0.4, -0.2) is 30.1 Å². The molecular weight excluding hydrogens is 474 g/mol. The number of H-pyrrole nitrogens is 2. The van der Waals surface area contributed by atoms with Gasteiger partial charge >= 0.3 is 0 Å². The van der Waals surface area contributed by atoms with Crippen LogP contribution >= 0.6 is 0 Å². The Morgan fingerprint density at radius 1 is 0.789 bits per heavy atom. The fourth-order valence-corrected chi connectivity index (χ4v) is 4.77. The van der Waals surface area contributed by atoms with Crippen molar-refractivity contribution in [2.75, 3.05) is 0 Å². The third-order valence-corrected chi connectivity index (χ3v) is 6.65. The second-order valence-electron chi connectivity index (χ2n) is 9.18. The number of benzene rings is 1. The van der Waals surface area contributed by atoms with Gasteiger partial charge < -0.3 is 14.7 Å². The van der Waals surface area contributed by atoms with Crippen LogP contribution < -0.4 is 5.32 Å². The van der Waals surface area contributed by atoms with Crippen LogP contribution in [-0.2, 0) is 13.1 Å². The highest BCUT2D eigenvalue weighted by Crippen LogP contribution is 2.33. The van der Waals surface area contributed by atoms with Crippen molar-refractivity contribution >= 4 is 21.9 Å². The minimum atomic E-state index is 0.657. The molecule has 0 radical (unpaired) electrons. The molecule has 184 valence electrons. The zero-order valence-corrected chi connectivity index (χ0v) is 20.3. The number of nitrogens with zero attached hydrogens (tertiary/aromatic N) is 4. The molecule has 0 unspecified atom stereocenters. The minimum Gasteiger partial charge on any atom is -0.472 e. The average Bonchev–Trinajstić information content (AvgIpc) is 3.73. The maximum absolute atomic E-state index is 5.28. The normalized spacial score (nSPS) is 11.5. The van der Waals surface area contributed by atoms with Gasteiger partial charge in [0.25, 0.3) is 0 Å². The van der Waals surface area contributed by atoms with Crippen molar-refractivity contribution in [3.63, 3.8) is 0 Å². The van der Waals surface area contributed by atoms with E-state index in [1.807, 2.05) is 36.8 Å². The van der Waals surface area contributed by atoms with E-state index >= 15 is 0 Å². The molecule has 0 aliphatic carbocycles. The number of hydrogen-bond acceptors (Lipinski definition) is 6. The van der Waals surface area contributed by atoms with Gasteiger partial charge in [-0.1, -0.05) is 30.3 Å². The molecule has 0 amide bonds. The Labute approximate surface area is 217 Å². The molecule has 6 heterocycles. The van der Waals surface area contributed by atoms with Crippen molar-refractivity contribution in [2.24, 2.45) is 0 Å². The number of nitrogens with one attached hydrogen (secondary N) is 3. The predicted octanol–water partition coefficient (Wildman–Crippen LogP) is 6.11. The Hall–Kier alpha value is -5.08. The largest absolute Gasteiger partial charge is 0.472 e. The van der Waals surface area contributed by atoms with Crippen molar-refractivity contribution in [1.82, 2.24) is 35.5 Å². The molecule has 7 rings (SSSR count). The van der Waals surface area contributed by atoms with E-state index in [-0.39, 0.29) is 0 Å². The summed E-state index contributed by atoms with van der Waals surface area (Å²) >= 11 is 0. The summed E-state index contributed by atoms with van der Waals surface area (Å²) in [5, 5.41) is 13.1. The fraction of sp³-hybridized carbons (Fsp3) is 0.0667. The second kappa shape index (κ2) is 9.42. The molecule has 0 aliphatic heterocycles. The summed E-state index contributed by atoms with van der Waals surface area (Å²) in [6, 6.07) is 20.6. The van der Waals surface area contributed by atoms with Gasteiger partial charge in [0.2, 0.25) is 0 Å². The lowest BCUT2D eigenvalue weighted by Gasteiger charge is -2.07. The Morgan fingerprint density at radius 2 is 1.68 bits per heavy atom. The van der Waals surface area contributed by atoms with Gasteiger partial charge in [-0.25, -0.2) is 4.98 Å². The van der Waals surface area contributed by atoms with Crippen LogP contribution in [0.25, 0.3) is 55.7 Å². The zero-order chi connectivity index (χ0) is 25.3. The van der Waals surface area contributed by atoms with E-state index in [1.165, 1.54) is 5.56 Å². The van der Waals surface area contributed by atoms with Crippen LogP contribution in [0.15, 0.2) is 102 Å². The molecule has 1 aromatic carbocycles. The Kier molecular flexibility index (Phi) is 5.49. The summed E-state index contributed by atoms with van der Waals surface area (Å²) < 4.78 is 5.28. The van der Waals surface area contributed by atoms with Gasteiger partial charge in [0.15, 0.2) is 5.65 Å². The first-order valence-corrected chi connectivity index (χ1v) is 12.4. The Morgan fingerprint density at radius 3 is 2.58 bits per heavy atom. The lowest BCUT2D eigenvalue weighted by atomic mass is 10.1. The van der Waals surface area contributed by atoms with Crippen LogP contribution in [0, 0.1) is 0 Å². The molecule has 8 heteroatoms. The number of aromatic amines is 2. The van der Waals surface area contributed by atoms with Gasteiger partial charge in [-0.15, -0.1) is 0 Å².